The number of esters is 1. The van der Waals surface area contributed by atoms with E-state index in [4.69, 9.17) is 4.74 Å². The lowest BCUT2D eigenvalue weighted by Crippen LogP contribution is -2.48. The molecule has 7 heteroatoms. The van der Waals surface area contributed by atoms with Crippen molar-refractivity contribution in [3.63, 3.8) is 0 Å². The lowest BCUT2D eigenvalue weighted by atomic mass is 10.1. The van der Waals surface area contributed by atoms with E-state index >= 15 is 0 Å². The maximum Gasteiger partial charge on any atom is 0.325 e. The molecule has 0 saturated heterocycles. The molecule has 0 heterocycles. The van der Waals surface area contributed by atoms with E-state index in [9.17, 15) is 13.2 Å². The van der Waals surface area contributed by atoms with Crippen LogP contribution in [-0.4, -0.2) is 33.1 Å². The van der Waals surface area contributed by atoms with E-state index in [1.54, 1.807) is 20.8 Å². The van der Waals surface area contributed by atoms with Crippen LogP contribution in [0.5, 0.6) is 0 Å². The topological polar surface area (TPSA) is 84.5 Å². The summed E-state index contributed by atoms with van der Waals surface area (Å²) in [4.78, 5) is 12.2. The molecule has 1 aromatic rings. The van der Waals surface area contributed by atoms with Gasteiger partial charge in [0, 0.05) is 7.05 Å². The molecule has 0 spiro atoms. The van der Waals surface area contributed by atoms with Crippen molar-refractivity contribution >= 4 is 16.2 Å². The van der Waals surface area contributed by atoms with Gasteiger partial charge in [-0.3, -0.25) is 4.79 Å². The van der Waals surface area contributed by atoms with Gasteiger partial charge in [0.2, 0.25) is 0 Å². The minimum absolute atomic E-state index is 0.219. The summed E-state index contributed by atoms with van der Waals surface area (Å²) in [5, 5.41) is 0. The van der Waals surface area contributed by atoms with E-state index < -0.39 is 27.8 Å². The Kier molecular flexibility index (Phi) is 5.88. The number of rotatable bonds is 6. The van der Waals surface area contributed by atoms with E-state index in [2.05, 4.69) is 9.44 Å². The van der Waals surface area contributed by atoms with Gasteiger partial charge in [0.1, 0.15) is 11.6 Å². The quantitative estimate of drug-likeness (QED) is 0.767. The van der Waals surface area contributed by atoms with E-state index in [0.717, 1.165) is 5.56 Å². The summed E-state index contributed by atoms with van der Waals surface area (Å²) in [6.45, 7) is 5.20. The molecule has 1 atom stereocenters. The molecule has 0 aliphatic carbocycles. The van der Waals surface area contributed by atoms with Crippen molar-refractivity contribution in [3.8, 4) is 0 Å². The van der Waals surface area contributed by atoms with Crippen LogP contribution in [0.15, 0.2) is 30.3 Å². The predicted molar refractivity (Wildman–Crippen MR) is 80.9 cm³/mol. The number of hydrogen-bond donors (Lipinski definition) is 2. The SMILES string of the molecule is CNS(=O)(=O)N[C@@H](Cc1ccccc1)C(=O)OC(C)(C)C. The third kappa shape index (κ3) is 6.70. The molecule has 0 saturated carbocycles. The molecule has 21 heavy (non-hydrogen) atoms. The number of benzene rings is 1. The summed E-state index contributed by atoms with van der Waals surface area (Å²) in [7, 11) is -2.47. The van der Waals surface area contributed by atoms with Crippen LogP contribution < -0.4 is 9.44 Å². The first-order valence-corrected chi connectivity index (χ1v) is 8.09. The Labute approximate surface area is 126 Å². The van der Waals surface area contributed by atoms with Gasteiger partial charge in [0.05, 0.1) is 0 Å². The summed E-state index contributed by atoms with van der Waals surface area (Å²) in [5.41, 5.74) is 0.157. The monoisotopic (exact) mass is 314 g/mol. The van der Waals surface area contributed by atoms with E-state index in [1.807, 2.05) is 30.3 Å². The molecule has 0 aromatic heterocycles. The number of carbonyl (C=O) groups excluding carboxylic acids is 1. The Morgan fingerprint density at radius 3 is 2.29 bits per heavy atom. The first-order chi connectivity index (χ1) is 9.63. The highest BCUT2D eigenvalue weighted by atomic mass is 32.2. The summed E-state index contributed by atoms with van der Waals surface area (Å²) < 4.78 is 33.0. The molecular formula is C14H22N2O4S. The van der Waals surface area contributed by atoms with Crippen molar-refractivity contribution in [2.45, 2.75) is 38.8 Å². The van der Waals surface area contributed by atoms with Gasteiger partial charge in [-0.1, -0.05) is 30.3 Å². The largest absolute Gasteiger partial charge is 0.459 e. The third-order valence-electron chi connectivity index (χ3n) is 2.54. The lowest BCUT2D eigenvalue weighted by Gasteiger charge is -2.24. The molecule has 1 rings (SSSR count). The fraction of sp³-hybridized carbons (Fsp3) is 0.500. The van der Waals surface area contributed by atoms with Crippen LogP contribution in [-0.2, 0) is 26.2 Å². The summed E-state index contributed by atoms with van der Waals surface area (Å²) in [6, 6.07) is 8.17. The van der Waals surface area contributed by atoms with Gasteiger partial charge in [-0.15, -0.1) is 0 Å². The third-order valence-corrected chi connectivity index (χ3v) is 3.67. The fourth-order valence-corrected chi connectivity index (χ4v) is 2.31. The minimum Gasteiger partial charge on any atom is -0.459 e. The zero-order valence-corrected chi connectivity index (χ0v) is 13.5. The van der Waals surface area contributed by atoms with Crippen LogP contribution in [0, 0.1) is 0 Å². The molecule has 0 fully saturated rings. The van der Waals surface area contributed by atoms with Gasteiger partial charge in [0.25, 0.3) is 10.2 Å². The Bertz CT molecular complexity index is 564. The molecule has 0 bridgehead atoms. The summed E-state index contributed by atoms with van der Waals surface area (Å²) >= 11 is 0. The van der Waals surface area contributed by atoms with Gasteiger partial charge in [-0.05, 0) is 32.8 Å². The highest BCUT2D eigenvalue weighted by Crippen LogP contribution is 2.12. The molecule has 0 unspecified atom stereocenters. The van der Waals surface area contributed by atoms with Crippen molar-refractivity contribution < 1.29 is 17.9 Å². The van der Waals surface area contributed by atoms with Crippen LogP contribution in [0.3, 0.4) is 0 Å². The Balaban J connectivity index is 2.92. The number of ether oxygens (including phenoxy) is 1. The standard InChI is InChI=1S/C14H22N2O4S/c1-14(2,3)20-13(17)12(16-21(18,19)15-4)10-11-8-6-5-7-9-11/h5-9,12,15-16H,10H2,1-4H3/t12-/m0/s1. The van der Waals surface area contributed by atoms with Crippen LogP contribution >= 0.6 is 0 Å². The van der Waals surface area contributed by atoms with Crippen LogP contribution in [0.25, 0.3) is 0 Å². The minimum atomic E-state index is -3.74. The molecule has 118 valence electrons. The molecule has 0 aliphatic rings. The van der Waals surface area contributed by atoms with Crippen LogP contribution in [0.1, 0.15) is 26.3 Å². The smallest absolute Gasteiger partial charge is 0.325 e. The Morgan fingerprint density at radius 2 is 1.81 bits per heavy atom. The maximum absolute atomic E-state index is 12.2. The first-order valence-electron chi connectivity index (χ1n) is 6.60. The van der Waals surface area contributed by atoms with Crippen molar-refractivity contribution in [3.05, 3.63) is 35.9 Å². The second-order valence-corrected chi connectivity index (χ2v) is 7.25. The molecular weight excluding hydrogens is 292 g/mol. The van der Waals surface area contributed by atoms with Gasteiger partial charge in [0.15, 0.2) is 0 Å². The predicted octanol–water partition coefficient (Wildman–Crippen LogP) is 0.993. The first kappa shape index (κ1) is 17.6. The normalized spacial score (nSPS) is 13.7. The number of carbonyl (C=O) groups is 1. The van der Waals surface area contributed by atoms with Gasteiger partial charge in [-0.25, -0.2) is 4.72 Å². The van der Waals surface area contributed by atoms with Crippen molar-refractivity contribution in [1.29, 1.82) is 0 Å². The zero-order valence-electron chi connectivity index (χ0n) is 12.7. The Morgan fingerprint density at radius 1 is 1.24 bits per heavy atom. The van der Waals surface area contributed by atoms with E-state index in [-0.39, 0.29) is 6.42 Å². The van der Waals surface area contributed by atoms with Crippen LogP contribution in [0.2, 0.25) is 0 Å². The fourth-order valence-electron chi connectivity index (χ4n) is 1.64. The maximum atomic E-state index is 12.2. The molecule has 6 nitrogen and oxygen atoms in total. The highest BCUT2D eigenvalue weighted by Gasteiger charge is 2.28. The van der Waals surface area contributed by atoms with E-state index in [1.165, 1.54) is 7.05 Å². The lowest BCUT2D eigenvalue weighted by molar-refractivity contribution is -0.156. The van der Waals surface area contributed by atoms with Crippen molar-refractivity contribution in [1.82, 2.24) is 9.44 Å². The van der Waals surface area contributed by atoms with E-state index in [0.29, 0.717) is 0 Å². The summed E-state index contributed by atoms with van der Waals surface area (Å²) in [6.07, 6.45) is 0.219. The molecule has 1 aromatic carbocycles. The second kappa shape index (κ2) is 7.02. The van der Waals surface area contributed by atoms with Crippen LogP contribution in [0.4, 0.5) is 0 Å². The second-order valence-electron chi connectivity index (χ2n) is 5.60. The molecule has 0 amide bonds. The number of nitrogens with one attached hydrogen (secondary N) is 2. The summed E-state index contributed by atoms with van der Waals surface area (Å²) in [5.74, 6) is -0.606. The van der Waals surface area contributed by atoms with Crippen molar-refractivity contribution in [2.24, 2.45) is 0 Å². The molecule has 2 N–H and O–H groups in total. The van der Waals surface area contributed by atoms with Gasteiger partial charge >= 0.3 is 5.97 Å². The average Bonchev–Trinajstić information content (AvgIpc) is 2.37. The van der Waals surface area contributed by atoms with Gasteiger partial charge in [-0.2, -0.15) is 13.1 Å². The Hall–Kier alpha value is -1.44. The van der Waals surface area contributed by atoms with Gasteiger partial charge < -0.3 is 4.74 Å². The number of hydrogen-bond acceptors (Lipinski definition) is 4. The zero-order chi connectivity index (χ0) is 16.1. The van der Waals surface area contributed by atoms with Crippen molar-refractivity contribution in [2.75, 3.05) is 7.05 Å². The molecule has 0 radical (unpaired) electrons. The average molecular weight is 314 g/mol. The highest BCUT2D eigenvalue weighted by molar-refractivity contribution is 7.87. The molecule has 0 aliphatic heterocycles.